The fourth-order valence-corrected chi connectivity index (χ4v) is 10.7. The summed E-state index contributed by atoms with van der Waals surface area (Å²) in [5, 5.41) is 0. The molecule has 0 heterocycles. The van der Waals surface area contributed by atoms with Crippen LogP contribution >= 0.6 is 0 Å². The van der Waals surface area contributed by atoms with Gasteiger partial charge in [0, 0.05) is 0 Å². The van der Waals surface area contributed by atoms with Gasteiger partial charge in [0.05, 0.1) is 0 Å². The zero-order valence-electron chi connectivity index (χ0n) is 20.0. The molecule has 2 fully saturated rings. The van der Waals surface area contributed by atoms with Gasteiger partial charge < -0.3 is 27.3 Å². The normalized spacial score (nSPS) is 31.0. The van der Waals surface area contributed by atoms with Gasteiger partial charge in [-0.2, -0.15) is 0 Å². The molecule has 0 aliphatic heterocycles. The quantitative estimate of drug-likeness (QED) is 0.315. The largest absolute Gasteiger partial charge is 4.00 e. The molecule has 3 unspecified atom stereocenters. The first-order chi connectivity index (χ1) is 10.4. The first kappa shape index (κ1) is 29.6. The molecule has 3 heteroatoms. The Hall–Kier alpha value is 0.371. The summed E-state index contributed by atoms with van der Waals surface area (Å²) < 4.78 is 0. The van der Waals surface area contributed by atoms with Crippen LogP contribution in [0.4, 0.5) is 0 Å². The standard InChI is InChI=1S/C21H36NSi.3CH3.Ti/c1-14-9-15-10-16-12-21(5,6)13-17(16)11-18(15)19(14)23(7,8)22-20(2,3)4;;;;/h10-11,14-15,18-19H,9,12-13H2,1-8H3;3*1H3;/q4*-1;+4/t14-,15?,18?,19?;;;;/m1..../s1. The van der Waals surface area contributed by atoms with Gasteiger partial charge in [-0.05, 0) is 53.6 Å². The monoisotopic (exact) mass is 423 g/mol. The fourth-order valence-electron chi connectivity index (χ4n) is 6.03. The third kappa shape index (κ3) is 6.17. The van der Waals surface area contributed by atoms with E-state index in [0.29, 0.717) is 5.41 Å². The van der Waals surface area contributed by atoms with Crippen LogP contribution in [0.2, 0.25) is 18.6 Å². The second kappa shape index (κ2) is 9.46. The van der Waals surface area contributed by atoms with E-state index in [0.717, 1.165) is 23.3 Å². The zero-order chi connectivity index (χ0) is 17.2. The maximum Gasteiger partial charge on any atom is 4.00 e. The number of hydrogen-bond donors (Lipinski definition) is 0. The number of rotatable bonds is 2. The minimum Gasteiger partial charge on any atom is -0.660 e. The average Bonchev–Trinajstić information content (AvgIpc) is 2.75. The van der Waals surface area contributed by atoms with E-state index in [1.54, 1.807) is 11.1 Å². The molecule has 0 radical (unpaired) electrons. The predicted octanol–water partition coefficient (Wildman–Crippen LogP) is 8.04. The van der Waals surface area contributed by atoms with Crippen LogP contribution in [0, 0.1) is 45.4 Å². The topological polar surface area (TPSA) is 14.1 Å². The molecule has 1 nitrogen and oxygen atoms in total. The van der Waals surface area contributed by atoms with Gasteiger partial charge in [0.2, 0.25) is 0 Å². The van der Waals surface area contributed by atoms with Crippen molar-refractivity contribution in [3.8, 4) is 0 Å². The van der Waals surface area contributed by atoms with Crippen molar-refractivity contribution in [1.29, 1.82) is 0 Å². The van der Waals surface area contributed by atoms with Crippen molar-refractivity contribution in [2.24, 2.45) is 23.2 Å². The molecule has 3 aliphatic carbocycles. The number of fused-ring (bicyclic) bond motifs is 2. The maximum atomic E-state index is 5.37. The van der Waals surface area contributed by atoms with Crippen molar-refractivity contribution < 1.29 is 21.7 Å². The maximum absolute atomic E-state index is 5.37. The van der Waals surface area contributed by atoms with Crippen LogP contribution in [0.3, 0.4) is 0 Å². The molecule has 3 rings (SSSR count). The Morgan fingerprint density at radius 2 is 1.48 bits per heavy atom. The van der Waals surface area contributed by atoms with E-state index < -0.39 is 8.24 Å². The van der Waals surface area contributed by atoms with Crippen LogP contribution in [0.15, 0.2) is 23.3 Å². The van der Waals surface area contributed by atoms with Gasteiger partial charge in [-0.15, -0.1) is 5.54 Å². The van der Waals surface area contributed by atoms with Gasteiger partial charge in [-0.25, -0.2) is 0 Å². The summed E-state index contributed by atoms with van der Waals surface area (Å²) in [5.41, 5.74) is 4.74. The van der Waals surface area contributed by atoms with E-state index in [2.05, 4.69) is 66.8 Å². The predicted molar refractivity (Wildman–Crippen MR) is 124 cm³/mol. The van der Waals surface area contributed by atoms with E-state index in [1.165, 1.54) is 19.3 Å². The minimum atomic E-state index is -1.61. The van der Waals surface area contributed by atoms with E-state index >= 15 is 0 Å². The van der Waals surface area contributed by atoms with E-state index in [-0.39, 0.29) is 49.5 Å². The van der Waals surface area contributed by atoms with Crippen molar-refractivity contribution in [1.82, 2.24) is 0 Å². The van der Waals surface area contributed by atoms with Gasteiger partial charge in [0.1, 0.15) is 0 Å². The summed E-state index contributed by atoms with van der Waals surface area (Å²) in [7, 11) is -1.61. The smallest absolute Gasteiger partial charge is 0.660 e. The van der Waals surface area contributed by atoms with Gasteiger partial charge in [0.15, 0.2) is 0 Å². The average molecular weight is 424 g/mol. The summed E-state index contributed by atoms with van der Waals surface area (Å²) in [6.45, 7) is 19.2. The second-order valence-corrected chi connectivity index (χ2v) is 15.0. The van der Waals surface area contributed by atoms with E-state index in [1.807, 2.05) is 0 Å². The van der Waals surface area contributed by atoms with Crippen LogP contribution in [0.25, 0.3) is 4.98 Å². The van der Waals surface area contributed by atoms with Gasteiger partial charge in [0.25, 0.3) is 0 Å². The first-order valence-electron chi connectivity index (χ1n) is 9.54. The Bertz CT molecular complexity index is 553. The van der Waals surface area contributed by atoms with Gasteiger partial charge in [-0.1, -0.05) is 80.6 Å². The molecule has 0 saturated heterocycles. The zero-order valence-corrected chi connectivity index (χ0v) is 22.6. The molecule has 0 bridgehead atoms. The molecule has 0 N–H and O–H groups in total. The van der Waals surface area contributed by atoms with Crippen LogP contribution in [0.1, 0.15) is 60.8 Å². The molecule has 0 aromatic carbocycles. The van der Waals surface area contributed by atoms with Crippen LogP contribution in [-0.2, 0) is 21.7 Å². The van der Waals surface area contributed by atoms with E-state index in [9.17, 15) is 0 Å². The third-order valence-electron chi connectivity index (χ3n) is 6.16. The molecule has 27 heavy (non-hydrogen) atoms. The minimum absolute atomic E-state index is 0. The fraction of sp³-hybridized carbons (Fsp3) is 0.708. The Morgan fingerprint density at radius 1 is 1.00 bits per heavy atom. The summed E-state index contributed by atoms with van der Waals surface area (Å²) >= 11 is 0. The van der Waals surface area contributed by atoms with Gasteiger partial charge >= 0.3 is 21.7 Å². The molecule has 0 aromatic rings. The van der Waals surface area contributed by atoms with Crippen molar-refractivity contribution >= 4 is 8.24 Å². The Labute approximate surface area is 188 Å². The van der Waals surface area contributed by atoms with Crippen molar-refractivity contribution in [3.63, 3.8) is 0 Å². The third-order valence-corrected chi connectivity index (χ3v) is 10.00. The summed E-state index contributed by atoms with van der Waals surface area (Å²) in [5.74, 6) is 2.35. The van der Waals surface area contributed by atoms with Crippen LogP contribution in [-0.4, -0.2) is 13.8 Å². The molecule has 154 valence electrons. The van der Waals surface area contributed by atoms with Crippen LogP contribution in [0.5, 0.6) is 0 Å². The molecular formula is C24H45NSiTi. The molecule has 0 spiro atoms. The van der Waals surface area contributed by atoms with Crippen molar-refractivity contribution in [2.45, 2.75) is 85.0 Å². The Balaban J connectivity index is 0. The number of hydrogen-bond acceptors (Lipinski definition) is 0. The van der Waals surface area contributed by atoms with Crippen molar-refractivity contribution in [3.05, 3.63) is 50.6 Å². The van der Waals surface area contributed by atoms with Crippen molar-refractivity contribution in [2.75, 3.05) is 0 Å². The number of allylic oxidation sites excluding steroid dienone is 4. The molecule has 3 aliphatic rings. The molecule has 4 atom stereocenters. The summed E-state index contributed by atoms with van der Waals surface area (Å²) in [6.07, 6.45) is 9.32. The van der Waals surface area contributed by atoms with E-state index in [4.69, 9.17) is 4.98 Å². The summed E-state index contributed by atoms with van der Waals surface area (Å²) in [6, 6.07) is 0. The Morgan fingerprint density at radius 3 is 1.96 bits per heavy atom. The van der Waals surface area contributed by atoms with Crippen LogP contribution < -0.4 is 0 Å². The number of nitrogens with zero attached hydrogens (tertiary/aromatic N) is 1. The first-order valence-corrected chi connectivity index (χ1v) is 12.6. The second-order valence-electron chi connectivity index (χ2n) is 10.8. The molecule has 0 aromatic heterocycles. The van der Waals surface area contributed by atoms with Gasteiger partial charge in [-0.3, -0.25) is 0 Å². The Kier molecular flexibility index (Phi) is 10.4. The SMILES string of the molecule is C[C@@H]1CC2C=C3CC(C)(C)CC3=CC2C1[Si](C)(C)[N-]C(C)(C)C.[CH3-].[CH3-].[CH3-].[Ti+4]. The molecule has 0 amide bonds. The summed E-state index contributed by atoms with van der Waals surface area (Å²) in [4.78, 5) is 5.37. The molecule has 2 saturated carbocycles. The molecular weight excluding hydrogens is 378 g/mol.